The molecule has 0 amide bonds. The van der Waals surface area contributed by atoms with Crippen LogP contribution in [0.2, 0.25) is 5.02 Å². The fourth-order valence-corrected chi connectivity index (χ4v) is 2.37. The Hall–Kier alpha value is -1.74. The predicted octanol–water partition coefficient (Wildman–Crippen LogP) is 4.03. The van der Waals surface area contributed by atoms with Crippen LogP contribution in [0, 0.1) is 5.82 Å². The molecule has 0 aromatic heterocycles. The van der Waals surface area contributed by atoms with E-state index in [-0.39, 0.29) is 10.8 Å². The number of hydrogen-bond acceptors (Lipinski definition) is 2. The van der Waals surface area contributed by atoms with E-state index in [0.717, 1.165) is 24.5 Å². The van der Waals surface area contributed by atoms with Crippen molar-refractivity contribution < 1.29 is 9.13 Å². The van der Waals surface area contributed by atoms with Crippen LogP contribution >= 0.6 is 11.6 Å². The van der Waals surface area contributed by atoms with Gasteiger partial charge in [0.1, 0.15) is 11.6 Å². The first-order valence-electron chi connectivity index (χ1n) is 6.16. The van der Waals surface area contributed by atoms with Gasteiger partial charge < -0.3 is 10.1 Å². The minimum Gasteiger partial charge on any atom is -0.493 e. The van der Waals surface area contributed by atoms with Crippen molar-refractivity contribution in [3.63, 3.8) is 0 Å². The molecular formula is C15H13ClFNO. The smallest absolute Gasteiger partial charge is 0.146 e. The van der Waals surface area contributed by atoms with Crippen LogP contribution in [-0.4, -0.2) is 6.61 Å². The van der Waals surface area contributed by atoms with Crippen LogP contribution in [0.15, 0.2) is 36.4 Å². The van der Waals surface area contributed by atoms with Gasteiger partial charge in [0.15, 0.2) is 0 Å². The average Bonchev–Trinajstić information content (AvgIpc) is 2.88. The third-order valence-electron chi connectivity index (χ3n) is 3.20. The zero-order chi connectivity index (χ0) is 13.2. The molecule has 2 aromatic carbocycles. The molecule has 0 bridgehead atoms. The largest absolute Gasteiger partial charge is 0.493 e. The van der Waals surface area contributed by atoms with E-state index < -0.39 is 0 Å². The Morgan fingerprint density at radius 2 is 2.16 bits per heavy atom. The topological polar surface area (TPSA) is 21.3 Å². The third kappa shape index (κ3) is 2.51. The van der Waals surface area contributed by atoms with Gasteiger partial charge >= 0.3 is 0 Å². The second-order valence-electron chi connectivity index (χ2n) is 4.49. The molecule has 1 aliphatic rings. The van der Waals surface area contributed by atoms with E-state index in [2.05, 4.69) is 5.32 Å². The number of ether oxygens (including phenoxy) is 1. The Morgan fingerprint density at radius 1 is 1.26 bits per heavy atom. The number of nitrogens with one attached hydrogen (secondary N) is 1. The molecule has 1 N–H and O–H groups in total. The summed E-state index contributed by atoms with van der Waals surface area (Å²) in [6, 6.07) is 11.0. The van der Waals surface area contributed by atoms with E-state index in [0.29, 0.717) is 12.1 Å². The van der Waals surface area contributed by atoms with E-state index in [1.54, 1.807) is 18.2 Å². The minimum atomic E-state index is -0.360. The summed E-state index contributed by atoms with van der Waals surface area (Å²) >= 11 is 5.75. The predicted molar refractivity (Wildman–Crippen MR) is 74.4 cm³/mol. The maximum absolute atomic E-state index is 13.7. The molecule has 0 saturated heterocycles. The van der Waals surface area contributed by atoms with Crippen molar-refractivity contribution >= 4 is 17.3 Å². The fraction of sp³-hybridized carbons (Fsp3) is 0.200. The van der Waals surface area contributed by atoms with Crippen LogP contribution in [0.1, 0.15) is 11.1 Å². The monoisotopic (exact) mass is 277 g/mol. The average molecular weight is 278 g/mol. The lowest BCUT2D eigenvalue weighted by Gasteiger charge is -2.09. The van der Waals surface area contributed by atoms with E-state index >= 15 is 0 Å². The van der Waals surface area contributed by atoms with Gasteiger partial charge in [-0.2, -0.15) is 0 Å². The van der Waals surface area contributed by atoms with Gasteiger partial charge in [-0.3, -0.25) is 0 Å². The number of halogens is 2. The van der Waals surface area contributed by atoms with Crippen molar-refractivity contribution in [2.75, 3.05) is 11.9 Å². The van der Waals surface area contributed by atoms with Crippen molar-refractivity contribution in [3.8, 4) is 5.75 Å². The first-order valence-corrected chi connectivity index (χ1v) is 6.54. The van der Waals surface area contributed by atoms with Gasteiger partial charge in [0.2, 0.25) is 0 Å². The molecule has 2 nitrogen and oxygen atoms in total. The fourth-order valence-electron chi connectivity index (χ4n) is 2.18. The maximum atomic E-state index is 13.7. The molecule has 0 unspecified atom stereocenters. The quantitative estimate of drug-likeness (QED) is 0.915. The third-order valence-corrected chi connectivity index (χ3v) is 3.50. The molecule has 2 aromatic rings. The summed E-state index contributed by atoms with van der Waals surface area (Å²) in [6.45, 7) is 1.15. The molecule has 0 spiro atoms. The molecule has 1 aliphatic heterocycles. The molecule has 98 valence electrons. The van der Waals surface area contributed by atoms with E-state index in [9.17, 15) is 4.39 Å². The highest BCUT2D eigenvalue weighted by Crippen LogP contribution is 2.28. The van der Waals surface area contributed by atoms with Gasteiger partial charge in [-0.25, -0.2) is 4.39 Å². The standard InChI is InChI=1S/C15H13ClFNO/c16-13-3-1-2-11(15(13)17)9-18-12-4-5-14-10(8-12)6-7-19-14/h1-5,8,18H,6-7,9H2. The summed E-state index contributed by atoms with van der Waals surface area (Å²) in [7, 11) is 0. The van der Waals surface area contributed by atoms with Crippen LogP contribution in [0.3, 0.4) is 0 Å². The second kappa shape index (κ2) is 5.10. The van der Waals surface area contributed by atoms with Gasteiger partial charge in [0, 0.05) is 24.2 Å². The van der Waals surface area contributed by atoms with Crippen LogP contribution < -0.4 is 10.1 Å². The van der Waals surface area contributed by atoms with E-state index in [1.165, 1.54) is 5.56 Å². The molecule has 19 heavy (non-hydrogen) atoms. The zero-order valence-corrected chi connectivity index (χ0v) is 11.0. The number of benzene rings is 2. The number of rotatable bonds is 3. The molecule has 0 saturated carbocycles. The van der Waals surface area contributed by atoms with Gasteiger partial charge in [-0.15, -0.1) is 0 Å². The van der Waals surface area contributed by atoms with Gasteiger partial charge in [-0.1, -0.05) is 23.7 Å². The summed E-state index contributed by atoms with van der Waals surface area (Å²) in [4.78, 5) is 0. The molecule has 3 rings (SSSR count). The van der Waals surface area contributed by atoms with Gasteiger partial charge in [-0.05, 0) is 29.8 Å². The van der Waals surface area contributed by atoms with Crippen molar-refractivity contribution in [2.24, 2.45) is 0 Å². The normalized spacial score (nSPS) is 12.9. The lowest BCUT2D eigenvalue weighted by Crippen LogP contribution is -2.02. The highest BCUT2D eigenvalue weighted by Gasteiger charge is 2.12. The van der Waals surface area contributed by atoms with Crippen molar-refractivity contribution in [1.29, 1.82) is 0 Å². The summed E-state index contributed by atoms with van der Waals surface area (Å²) in [5.41, 5.74) is 2.71. The second-order valence-corrected chi connectivity index (χ2v) is 4.89. The first-order chi connectivity index (χ1) is 9.24. The molecule has 4 heteroatoms. The van der Waals surface area contributed by atoms with Crippen molar-refractivity contribution in [1.82, 2.24) is 0 Å². The first kappa shape index (κ1) is 12.3. The van der Waals surface area contributed by atoms with Crippen LogP contribution in [0.5, 0.6) is 5.75 Å². The van der Waals surface area contributed by atoms with Crippen LogP contribution in [-0.2, 0) is 13.0 Å². The number of anilines is 1. The Kier molecular flexibility index (Phi) is 3.30. The highest BCUT2D eigenvalue weighted by molar-refractivity contribution is 6.30. The van der Waals surface area contributed by atoms with Crippen LogP contribution in [0.25, 0.3) is 0 Å². The summed E-state index contributed by atoms with van der Waals surface area (Å²) in [5, 5.41) is 3.36. The van der Waals surface area contributed by atoms with Gasteiger partial charge in [0.05, 0.1) is 11.6 Å². The minimum absolute atomic E-state index is 0.154. The molecule has 0 atom stereocenters. The summed E-state index contributed by atoms with van der Waals surface area (Å²) < 4.78 is 19.2. The molecule has 0 radical (unpaired) electrons. The van der Waals surface area contributed by atoms with E-state index in [1.807, 2.05) is 18.2 Å². The number of hydrogen-bond donors (Lipinski definition) is 1. The Bertz CT molecular complexity index is 615. The van der Waals surface area contributed by atoms with Crippen molar-refractivity contribution in [2.45, 2.75) is 13.0 Å². The SMILES string of the molecule is Fc1c(Cl)cccc1CNc1ccc2c(c1)CCO2. The Morgan fingerprint density at radius 3 is 3.05 bits per heavy atom. The Balaban J connectivity index is 1.74. The van der Waals surface area contributed by atoms with Crippen molar-refractivity contribution in [3.05, 3.63) is 58.4 Å². The summed E-state index contributed by atoms with van der Waals surface area (Å²) in [6.07, 6.45) is 0.927. The lowest BCUT2D eigenvalue weighted by atomic mass is 10.1. The lowest BCUT2D eigenvalue weighted by molar-refractivity contribution is 0.357. The van der Waals surface area contributed by atoms with Gasteiger partial charge in [0.25, 0.3) is 0 Å². The van der Waals surface area contributed by atoms with Crippen LogP contribution in [0.4, 0.5) is 10.1 Å². The highest BCUT2D eigenvalue weighted by atomic mass is 35.5. The molecular weight excluding hydrogens is 265 g/mol. The molecule has 0 fully saturated rings. The molecule has 1 heterocycles. The number of fused-ring (bicyclic) bond motifs is 1. The zero-order valence-electron chi connectivity index (χ0n) is 10.2. The Labute approximate surface area is 116 Å². The maximum Gasteiger partial charge on any atom is 0.146 e. The van der Waals surface area contributed by atoms with E-state index in [4.69, 9.17) is 16.3 Å². The molecule has 0 aliphatic carbocycles. The summed E-state index contributed by atoms with van der Waals surface area (Å²) in [5.74, 6) is 0.584.